The molecule has 1 aliphatic heterocycles. The molecule has 0 amide bonds. The van der Waals surface area contributed by atoms with Gasteiger partial charge in [0.2, 0.25) is 0 Å². The lowest BCUT2D eigenvalue weighted by Gasteiger charge is -2.39. The molecule has 3 aromatic rings. The Balaban J connectivity index is 1.71. The van der Waals surface area contributed by atoms with Crippen LogP contribution in [0.25, 0.3) is 0 Å². The van der Waals surface area contributed by atoms with Crippen molar-refractivity contribution in [1.82, 2.24) is 9.47 Å². The van der Waals surface area contributed by atoms with Gasteiger partial charge in [-0.1, -0.05) is 23.8 Å². The van der Waals surface area contributed by atoms with Crippen molar-refractivity contribution in [3.05, 3.63) is 77.1 Å². The summed E-state index contributed by atoms with van der Waals surface area (Å²) in [6.45, 7) is 5.91. The maximum Gasteiger partial charge on any atom is 0.174 e. The molecule has 0 spiro atoms. The number of benzene rings is 2. The first-order valence-corrected chi connectivity index (χ1v) is 10.4. The molecule has 156 valence electrons. The van der Waals surface area contributed by atoms with Crippen molar-refractivity contribution in [3.63, 3.8) is 0 Å². The SMILES string of the molecule is COc1ccc([C@H]2c3cccn3CCN2C(=S)Nc2ccc(C)cc2C)cc1OC. The van der Waals surface area contributed by atoms with E-state index in [2.05, 4.69) is 71.2 Å². The lowest BCUT2D eigenvalue weighted by molar-refractivity contribution is 0.291. The molecule has 0 bridgehead atoms. The first-order chi connectivity index (χ1) is 14.5. The van der Waals surface area contributed by atoms with Gasteiger partial charge in [0.25, 0.3) is 0 Å². The van der Waals surface area contributed by atoms with Crippen molar-refractivity contribution in [2.45, 2.75) is 26.4 Å². The van der Waals surface area contributed by atoms with E-state index in [1.165, 1.54) is 16.8 Å². The fourth-order valence-electron chi connectivity index (χ4n) is 4.12. The molecule has 0 aliphatic carbocycles. The summed E-state index contributed by atoms with van der Waals surface area (Å²) in [5, 5.41) is 4.19. The van der Waals surface area contributed by atoms with Gasteiger partial charge < -0.3 is 24.3 Å². The molecule has 0 saturated carbocycles. The van der Waals surface area contributed by atoms with Crippen LogP contribution >= 0.6 is 12.2 Å². The third-order valence-electron chi connectivity index (χ3n) is 5.65. The molecule has 1 aliphatic rings. The van der Waals surface area contributed by atoms with Crippen LogP contribution in [0.1, 0.15) is 28.4 Å². The Hall–Kier alpha value is -2.99. The molecule has 1 aromatic heterocycles. The monoisotopic (exact) mass is 421 g/mol. The van der Waals surface area contributed by atoms with Crippen LogP contribution in [-0.2, 0) is 6.54 Å². The van der Waals surface area contributed by atoms with Crippen LogP contribution in [-0.4, -0.2) is 35.3 Å². The van der Waals surface area contributed by atoms with Crippen LogP contribution in [0.4, 0.5) is 5.69 Å². The average Bonchev–Trinajstić information content (AvgIpc) is 3.23. The molecular formula is C24H27N3O2S. The summed E-state index contributed by atoms with van der Waals surface area (Å²) in [4.78, 5) is 2.26. The van der Waals surface area contributed by atoms with Crippen LogP contribution in [0.5, 0.6) is 11.5 Å². The minimum Gasteiger partial charge on any atom is -0.493 e. The normalized spacial score (nSPS) is 15.5. The minimum atomic E-state index is -0.0145. The number of hydrogen-bond donors (Lipinski definition) is 1. The number of hydrogen-bond acceptors (Lipinski definition) is 3. The first kappa shape index (κ1) is 20.3. The van der Waals surface area contributed by atoms with Crippen LogP contribution in [0.3, 0.4) is 0 Å². The Kier molecular flexibility index (Phi) is 5.68. The van der Waals surface area contributed by atoms with Crippen LogP contribution in [0.15, 0.2) is 54.7 Å². The number of nitrogens with zero attached hydrogens (tertiary/aromatic N) is 2. The fraction of sp³-hybridized carbons (Fsp3) is 0.292. The van der Waals surface area contributed by atoms with Crippen LogP contribution in [0, 0.1) is 13.8 Å². The van der Waals surface area contributed by atoms with Gasteiger partial charge in [-0.05, 0) is 67.5 Å². The first-order valence-electron chi connectivity index (χ1n) is 10.0. The molecule has 5 nitrogen and oxygen atoms in total. The summed E-state index contributed by atoms with van der Waals surface area (Å²) < 4.78 is 13.3. The molecule has 30 heavy (non-hydrogen) atoms. The van der Waals surface area contributed by atoms with Gasteiger partial charge in [-0.25, -0.2) is 0 Å². The summed E-state index contributed by atoms with van der Waals surface area (Å²) in [5.74, 6) is 1.43. The van der Waals surface area contributed by atoms with Gasteiger partial charge >= 0.3 is 0 Å². The molecule has 1 atom stereocenters. The summed E-state index contributed by atoms with van der Waals surface area (Å²) in [7, 11) is 3.31. The second-order valence-electron chi connectivity index (χ2n) is 7.59. The second kappa shape index (κ2) is 8.40. The highest BCUT2D eigenvalue weighted by atomic mass is 32.1. The number of ether oxygens (including phenoxy) is 2. The molecule has 2 aromatic carbocycles. The number of methoxy groups -OCH3 is 2. The zero-order valence-corrected chi connectivity index (χ0v) is 18.6. The largest absolute Gasteiger partial charge is 0.493 e. The Morgan fingerprint density at radius 3 is 2.53 bits per heavy atom. The fourth-order valence-corrected chi connectivity index (χ4v) is 4.42. The van der Waals surface area contributed by atoms with Gasteiger partial charge in [0.1, 0.15) is 0 Å². The Bertz CT molecular complexity index is 1080. The Morgan fingerprint density at radius 1 is 1.00 bits per heavy atom. The van der Waals surface area contributed by atoms with Gasteiger partial charge in [0, 0.05) is 30.7 Å². The Morgan fingerprint density at radius 2 is 1.80 bits per heavy atom. The van der Waals surface area contributed by atoms with E-state index in [1.807, 2.05) is 12.1 Å². The van der Waals surface area contributed by atoms with E-state index in [9.17, 15) is 0 Å². The second-order valence-corrected chi connectivity index (χ2v) is 7.97. The summed E-state index contributed by atoms with van der Waals surface area (Å²) in [6, 6.07) is 16.7. The molecular weight excluding hydrogens is 394 g/mol. The highest BCUT2D eigenvalue weighted by molar-refractivity contribution is 7.80. The van der Waals surface area contributed by atoms with E-state index >= 15 is 0 Å². The molecule has 6 heteroatoms. The van der Waals surface area contributed by atoms with Crippen molar-refractivity contribution >= 4 is 23.0 Å². The van der Waals surface area contributed by atoms with Gasteiger partial charge in [-0.2, -0.15) is 0 Å². The number of aryl methyl sites for hydroxylation is 2. The van der Waals surface area contributed by atoms with Crippen LogP contribution < -0.4 is 14.8 Å². The van der Waals surface area contributed by atoms with E-state index in [4.69, 9.17) is 21.7 Å². The van der Waals surface area contributed by atoms with Crippen molar-refractivity contribution in [2.24, 2.45) is 0 Å². The van der Waals surface area contributed by atoms with Gasteiger partial charge in [-0.15, -0.1) is 0 Å². The summed E-state index contributed by atoms with van der Waals surface area (Å²) in [5.41, 5.74) is 5.77. The lowest BCUT2D eigenvalue weighted by atomic mass is 9.99. The standard InChI is InChI=1S/C24H27N3O2S/c1-16-7-9-19(17(2)14-16)25-24(30)27-13-12-26-11-5-6-20(26)23(27)18-8-10-21(28-3)22(15-18)29-4/h5-11,14-15,23H,12-13H2,1-4H3,(H,25,30)/t23-/m0/s1. The predicted octanol–water partition coefficient (Wildman–Crippen LogP) is 4.92. The lowest BCUT2D eigenvalue weighted by Crippen LogP contribution is -2.44. The number of thiocarbonyl (C=S) groups is 1. The van der Waals surface area contributed by atoms with E-state index in [0.717, 1.165) is 30.1 Å². The molecule has 0 unspecified atom stereocenters. The van der Waals surface area contributed by atoms with Gasteiger partial charge in [0.05, 0.1) is 20.3 Å². The van der Waals surface area contributed by atoms with E-state index in [1.54, 1.807) is 14.2 Å². The zero-order chi connectivity index (χ0) is 21.3. The van der Waals surface area contributed by atoms with Crippen molar-refractivity contribution in [1.29, 1.82) is 0 Å². The smallest absolute Gasteiger partial charge is 0.174 e. The van der Waals surface area contributed by atoms with E-state index in [0.29, 0.717) is 10.9 Å². The summed E-state index contributed by atoms with van der Waals surface area (Å²) >= 11 is 5.89. The number of rotatable bonds is 4. The van der Waals surface area contributed by atoms with Crippen molar-refractivity contribution in [3.8, 4) is 11.5 Å². The van der Waals surface area contributed by atoms with Crippen LogP contribution in [0.2, 0.25) is 0 Å². The molecule has 0 fully saturated rings. The predicted molar refractivity (Wildman–Crippen MR) is 125 cm³/mol. The van der Waals surface area contributed by atoms with Gasteiger partial charge in [-0.3, -0.25) is 0 Å². The molecule has 2 heterocycles. The maximum absolute atomic E-state index is 5.89. The quantitative estimate of drug-likeness (QED) is 0.605. The number of fused-ring (bicyclic) bond motifs is 1. The van der Waals surface area contributed by atoms with E-state index in [-0.39, 0.29) is 6.04 Å². The van der Waals surface area contributed by atoms with E-state index < -0.39 is 0 Å². The highest BCUT2D eigenvalue weighted by Crippen LogP contribution is 2.37. The molecule has 4 rings (SSSR count). The number of aromatic nitrogens is 1. The molecule has 1 N–H and O–H groups in total. The van der Waals surface area contributed by atoms with Crippen molar-refractivity contribution < 1.29 is 9.47 Å². The minimum absolute atomic E-state index is 0.0145. The third-order valence-corrected chi connectivity index (χ3v) is 5.98. The Labute approximate surface area is 183 Å². The maximum atomic E-state index is 5.89. The van der Waals surface area contributed by atoms with Crippen molar-refractivity contribution in [2.75, 3.05) is 26.1 Å². The molecule has 0 saturated heterocycles. The van der Waals surface area contributed by atoms with Gasteiger partial charge in [0.15, 0.2) is 16.6 Å². The number of nitrogens with one attached hydrogen (secondary N) is 1. The number of anilines is 1. The zero-order valence-electron chi connectivity index (χ0n) is 17.8. The summed E-state index contributed by atoms with van der Waals surface area (Å²) in [6.07, 6.45) is 2.13. The average molecular weight is 422 g/mol. The third kappa shape index (κ3) is 3.75. The topological polar surface area (TPSA) is 38.7 Å². The molecule has 0 radical (unpaired) electrons. The highest BCUT2D eigenvalue weighted by Gasteiger charge is 2.31.